The minimum atomic E-state index is -1.16. The van der Waals surface area contributed by atoms with Gasteiger partial charge in [0, 0.05) is 34.1 Å². The van der Waals surface area contributed by atoms with Crippen LogP contribution in [0, 0.1) is 17.8 Å². The average Bonchev–Trinajstić information content (AvgIpc) is 4.08. The summed E-state index contributed by atoms with van der Waals surface area (Å²) in [5.41, 5.74) is 7.61. The van der Waals surface area contributed by atoms with Crippen molar-refractivity contribution in [3.63, 3.8) is 0 Å². The van der Waals surface area contributed by atoms with Gasteiger partial charge in [-0.25, -0.2) is 4.79 Å². The van der Waals surface area contributed by atoms with Crippen LogP contribution in [-0.2, 0) is 10.3 Å². The molecular formula is C52H46O4. The fraction of sp³-hybridized carbons (Fsp3) is 0.173. The molecule has 0 radical (unpaired) electrons. The van der Waals surface area contributed by atoms with Gasteiger partial charge in [0.05, 0.1) is 11.5 Å². The molecule has 1 heterocycles. The van der Waals surface area contributed by atoms with E-state index in [1.165, 1.54) is 16.7 Å². The van der Waals surface area contributed by atoms with Gasteiger partial charge in [0.15, 0.2) is 5.60 Å². The lowest BCUT2D eigenvalue weighted by Gasteiger charge is -2.30. The minimum Gasteiger partial charge on any atom is -0.460 e. The van der Waals surface area contributed by atoms with Crippen LogP contribution in [0.5, 0.6) is 11.5 Å². The van der Waals surface area contributed by atoms with Gasteiger partial charge in [0.25, 0.3) is 0 Å². The topological polar surface area (TPSA) is 44.8 Å². The number of benzene rings is 3. The monoisotopic (exact) mass is 734 g/mol. The summed E-state index contributed by atoms with van der Waals surface area (Å²) >= 11 is 0. The Hall–Kier alpha value is -6.39. The summed E-state index contributed by atoms with van der Waals surface area (Å²) in [6.45, 7) is 8.61. The molecule has 0 fully saturated rings. The van der Waals surface area contributed by atoms with E-state index < -0.39 is 5.60 Å². The van der Waals surface area contributed by atoms with Crippen LogP contribution in [0.2, 0.25) is 0 Å². The highest BCUT2D eigenvalue weighted by molar-refractivity contribution is 5.96. The molecule has 0 amide bonds. The number of hydrogen-bond acceptors (Lipinski definition) is 4. The normalized spacial score (nSPS) is 20.9. The van der Waals surface area contributed by atoms with Crippen molar-refractivity contribution in [1.82, 2.24) is 0 Å². The predicted molar refractivity (Wildman–Crippen MR) is 226 cm³/mol. The van der Waals surface area contributed by atoms with Gasteiger partial charge in [-0.1, -0.05) is 158 Å². The van der Waals surface area contributed by atoms with Crippen molar-refractivity contribution in [1.29, 1.82) is 0 Å². The van der Waals surface area contributed by atoms with E-state index in [0.717, 1.165) is 45.8 Å². The number of allylic oxidation sites excluding steroid dienone is 21. The minimum absolute atomic E-state index is 0.0315. The van der Waals surface area contributed by atoms with Crippen molar-refractivity contribution in [3.8, 4) is 11.5 Å². The molecule has 278 valence electrons. The van der Waals surface area contributed by atoms with Gasteiger partial charge in [-0.05, 0) is 74.2 Å². The van der Waals surface area contributed by atoms with E-state index in [1.807, 2.05) is 84.9 Å². The van der Waals surface area contributed by atoms with Gasteiger partial charge in [0.1, 0.15) is 23.0 Å². The van der Waals surface area contributed by atoms with E-state index in [-0.39, 0.29) is 23.7 Å². The molecule has 0 saturated heterocycles. The second-order valence-corrected chi connectivity index (χ2v) is 14.8. The first-order valence-electron chi connectivity index (χ1n) is 19.4. The summed E-state index contributed by atoms with van der Waals surface area (Å²) in [5, 5.41) is 0. The Morgan fingerprint density at radius 3 is 2.04 bits per heavy atom. The number of carbonyl (C=O) groups excluding carboxylic acids is 1. The summed E-state index contributed by atoms with van der Waals surface area (Å²) in [4.78, 5) is 13.5. The van der Waals surface area contributed by atoms with Gasteiger partial charge in [-0.15, -0.1) is 0 Å². The van der Waals surface area contributed by atoms with E-state index >= 15 is 0 Å². The van der Waals surface area contributed by atoms with Crippen LogP contribution in [0.25, 0.3) is 0 Å². The first-order chi connectivity index (χ1) is 27.3. The molecule has 0 N–H and O–H groups in total. The van der Waals surface area contributed by atoms with Crippen molar-refractivity contribution >= 4 is 5.97 Å². The van der Waals surface area contributed by atoms with Crippen LogP contribution in [0.4, 0.5) is 0 Å². The zero-order valence-corrected chi connectivity index (χ0v) is 32.3. The van der Waals surface area contributed by atoms with Crippen molar-refractivity contribution in [2.75, 3.05) is 0 Å². The number of carbonyl (C=O) groups is 1. The van der Waals surface area contributed by atoms with Crippen LogP contribution in [0.15, 0.2) is 215 Å². The number of cyclic esters (lactones) is 1. The Labute approximate surface area is 330 Å². The van der Waals surface area contributed by atoms with Crippen LogP contribution in [0.1, 0.15) is 61.2 Å². The van der Waals surface area contributed by atoms with E-state index in [9.17, 15) is 4.79 Å². The summed E-state index contributed by atoms with van der Waals surface area (Å²) in [6.07, 6.45) is 37.2. The number of hydrogen-bond donors (Lipinski definition) is 0. The molecule has 4 aliphatic carbocycles. The van der Waals surface area contributed by atoms with Gasteiger partial charge in [0.2, 0.25) is 0 Å². The molecule has 0 bridgehead atoms. The number of fused-ring (bicyclic) bond motifs is 1. The molecular weight excluding hydrogens is 689 g/mol. The van der Waals surface area contributed by atoms with Crippen LogP contribution >= 0.6 is 0 Å². The third-order valence-electron chi connectivity index (χ3n) is 11.2. The largest absolute Gasteiger partial charge is 0.460 e. The quantitative estimate of drug-likeness (QED) is 0.106. The first-order valence-corrected chi connectivity index (χ1v) is 19.4. The Bertz CT molecular complexity index is 2380. The molecule has 0 aromatic heterocycles. The van der Waals surface area contributed by atoms with E-state index in [2.05, 4.69) is 119 Å². The third kappa shape index (κ3) is 7.23. The summed E-state index contributed by atoms with van der Waals surface area (Å²) in [5.74, 6) is 3.18. The number of esters is 1. The second kappa shape index (κ2) is 15.8. The van der Waals surface area contributed by atoms with Crippen LogP contribution < -0.4 is 9.47 Å². The van der Waals surface area contributed by atoms with Crippen LogP contribution in [-0.4, -0.2) is 5.97 Å². The van der Waals surface area contributed by atoms with Gasteiger partial charge in [-0.3, -0.25) is 0 Å². The lowest BCUT2D eigenvalue weighted by Crippen LogP contribution is -2.29. The molecule has 5 aliphatic rings. The molecule has 3 aromatic carbocycles. The zero-order chi connectivity index (χ0) is 38.6. The van der Waals surface area contributed by atoms with Crippen LogP contribution in [0.3, 0.4) is 0 Å². The zero-order valence-electron chi connectivity index (χ0n) is 32.3. The first kappa shape index (κ1) is 36.6. The highest BCUT2D eigenvalue weighted by Crippen LogP contribution is 2.48. The van der Waals surface area contributed by atoms with E-state index in [4.69, 9.17) is 14.2 Å². The Morgan fingerprint density at radius 2 is 1.39 bits per heavy atom. The molecule has 8 rings (SSSR count). The maximum Gasteiger partial charge on any atom is 0.340 e. The predicted octanol–water partition coefficient (Wildman–Crippen LogP) is 12.5. The molecule has 4 heteroatoms. The Kier molecular flexibility index (Phi) is 10.3. The van der Waals surface area contributed by atoms with Gasteiger partial charge >= 0.3 is 5.97 Å². The van der Waals surface area contributed by atoms with Gasteiger partial charge in [-0.2, -0.15) is 0 Å². The van der Waals surface area contributed by atoms with Gasteiger partial charge < -0.3 is 14.2 Å². The molecule has 4 nitrogen and oxygen atoms in total. The lowest BCUT2D eigenvalue weighted by atomic mass is 9.80. The third-order valence-corrected chi connectivity index (χ3v) is 11.2. The van der Waals surface area contributed by atoms with Crippen molar-refractivity contribution in [3.05, 3.63) is 238 Å². The molecule has 3 aromatic rings. The number of ether oxygens (including phenoxy) is 3. The van der Waals surface area contributed by atoms with Crippen molar-refractivity contribution in [2.45, 2.75) is 39.7 Å². The second-order valence-electron chi connectivity index (χ2n) is 14.8. The van der Waals surface area contributed by atoms with E-state index in [0.29, 0.717) is 17.1 Å². The van der Waals surface area contributed by atoms with Crippen molar-refractivity contribution < 1.29 is 19.0 Å². The molecule has 56 heavy (non-hydrogen) atoms. The fourth-order valence-electron chi connectivity index (χ4n) is 7.86. The molecule has 0 spiro atoms. The smallest absolute Gasteiger partial charge is 0.340 e. The maximum absolute atomic E-state index is 13.5. The average molecular weight is 735 g/mol. The van der Waals surface area contributed by atoms with E-state index in [1.54, 1.807) is 0 Å². The highest BCUT2D eigenvalue weighted by Gasteiger charge is 2.48. The summed E-state index contributed by atoms with van der Waals surface area (Å²) in [6, 6.07) is 23.5. The molecule has 0 saturated carbocycles. The number of rotatable bonds is 12. The summed E-state index contributed by atoms with van der Waals surface area (Å²) in [7, 11) is 0. The highest BCUT2D eigenvalue weighted by atomic mass is 16.6. The SMILES string of the molecule is CC(=C/C1C=CC=C1)/C(C)=C(/Oc1ccc(C2(c3ccc(OC(=C4C=CC=C4)C(C)/C(C)=C\C4=CCC=C4)cc3)OC(=O)c3ccccc32)cc1)C1C=CC=C1. The van der Waals surface area contributed by atoms with Crippen molar-refractivity contribution in [2.24, 2.45) is 17.8 Å². The lowest BCUT2D eigenvalue weighted by molar-refractivity contribution is 0.0251. The maximum atomic E-state index is 13.5. The Balaban J connectivity index is 1.11. The summed E-state index contributed by atoms with van der Waals surface area (Å²) < 4.78 is 19.9. The standard InChI is InChI=1S/C52H46O4/c1-35(33-39-15-5-6-16-39)37(3)49(41-19-9-10-20-41)54-45-29-25-43(26-30-45)52(48-24-14-13-23-47(48)51(53)56-52)44-27-31-46(32-28-44)55-50(42-21-11-12-22-42)38(4)36(2)34-40-17-7-8-18-40/h5-7,9-34,38-39,41H,8H2,1-4H3/b35-33-,36-34-,49-37+. The molecule has 2 atom stereocenters. The molecule has 2 unspecified atom stereocenters. The fourth-order valence-corrected chi connectivity index (χ4v) is 7.86. The Morgan fingerprint density at radius 1 is 0.768 bits per heavy atom. The molecule has 1 aliphatic heterocycles.